The number of rotatable bonds is 4. The van der Waals surface area contributed by atoms with Crippen LogP contribution >= 0.6 is 11.3 Å². The topological polar surface area (TPSA) is 72.7 Å². The van der Waals surface area contributed by atoms with E-state index in [0.717, 1.165) is 70.5 Å². The van der Waals surface area contributed by atoms with Gasteiger partial charge < -0.3 is 5.32 Å². The zero-order chi connectivity index (χ0) is 20.1. The van der Waals surface area contributed by atoms with Gasteiger partial charge in [0.25, 0.3) is 0 Å². The van der Waals surface area contributed by atoms with Crippen LogP contribution in [0.5, 0.6) is 0 Å². The van der Waals surface area contributed by atoms with Gasteiger partial charge in [-0.1, -0.05) is 17.8 Å². The average Bonchev–Trinajstić information content (AvgIpc) is 3.21. The summed E-state index contributed by atoms with van der Waals surface area (Å²) in [5, 5.41) is 8.75. The van der Waals surface area contributed by atoms with Crippen molar-refractivity contribution in [3.63, 3.8) is 0 Å². The molecule has 0 aromatic carbocycles. The van der Waals surface area contributed by atoms with Crippen LogP contribution in [0.4, 0.5) is 5.13 Å². The Balaban J connectivity index is 1.56. The molecule has 1 saturated carbocycles. The molecule has 3 aromatic heterocycles. The largest absolute Gasteiger partial charge is 0.302 e. The van der Waals surface area contributed by atoms with Crippen LogP contribution in [0.25, 0.3) is 21.8 Å². The first-order valence-corrected chi connectivity index (χ1v) is 11.2. The molecule has 0 unspecified atom stereocenters. The lowest BCUT2D eigenvalue weighted by Crippen LogP contribution is -2.27. The third kappa shape index (κ3) is 3.17. The molecular formula is C22H25N5OS. The molecule has 3 aromatic rings. The number of thiazole rings is 1. The number of amides is 1. The SMILES string of the molecule is Cc1ccc(-c2nn(C(C)C)c3c2CCc2nc(NC(=O)C4CCC4)sc2-3)cn1. The quantitative estimate of drug-likeness (QED) is 0.674. The van der Waals surface area contributed by atoms with Gasteiger partial charge in [-0.15, -0.1) is 0 Å². The molecule has 1 fully saturated rings. The number of hydrogen-bond donors (Lipinski definition) is 1. The molecule has 0 aliphatic heterocycles. The van der Waals surface area contributed by atoms with E-state index in [1.165, 1.54) is 5.56 Å². The number of carbonyl (C=O) groups excluding carboxylic acids is 1. The normalized spacial score (nSPS) is 15.7. The van der Waals surface area contributed by atoms with Crippen molar-refractivity contribution in [3.05, 3.63) is 35.3 Å². The van der Waals surface area contributed by atoms with Gasteiger partial charge in [0.15, 0.2) is 5.13 Å². The Hall–Kier alpha value is -2.54. The van der Waals surface area contributed by atoms with Crippen molar-refractivity contribution >= 4 is 22.4 Å². The number of carbonyl (C=O) groups is 1. The highest BCUT2D eigenvalue weighted by atomic mass is 32.1. The van der Waals surface area contributed by atoms with E-state index in [1.807, 2.05) is 19.2 Å². The molecule has 0 saturated heterocycles. The predicted molar refractivity (Wildman–Crippen MR) is 115 cm³/mol. The Labute approximate surface area is 174 Å². The second-order valence-electron chi connectivity index (χ2n) is 8.31. The first kappa shape index (κ1) is 18.5. The molecule has 0 radical (unpaired) electrons. The minimum atomic E-state index is 0.117. The molecule has 2 aliphatic carbocycles. The summed E-state index contributed by atoms with van der Waals surface area (Å²) < 4.78 is 2.11. The van der Waals surface area contributed by atoms with Gasteiger partial charge in [0, 0.05) is 35.0 Å². The first-order chi connectivity index (χ1) is 14.0. The Bertz CT molecular complexity index is 1080. The predicted octanol–water partition coefficient (Wildman–Crippen LogP) is 4.80. The van der Waals surface area contributed by atoms with Crippen LogP contribution in [0.1, 0.15) is 56.1 Å². The van der Waals surface area contributed by atoms with Crippen molar-refractivity contribution in [2.24, 2.45) is 5.92 Å². The van der Waals surface area contributed by atoms with Crippen LogP contribution in [0.15, 0.2) is 18.3 Å². The zero-order valence-corrected chi connectivity index (χ0v) is 17.8. The molecule has 1 N–H and O–H groups in total. The molecule has 0 spiro atoms. The van der Waals surface area contributed by atoms with E-state index in [2.05, 4.69) is 34.9 Å². The number of pyridine rings is 1. The van der Waals surface area contributed by atoms with Crippen LogP contribution < -0.4 is 5.32 Å². The van der Waals surface area contributed by atoms with Gasteiger partial charge in [-0.05, 0) is 58.6 Å². The van der Waals surface area contributed by atoms with Crippen LogP contribution in [-0.4, -0.2) is 25.7 Å². The molecule has 29 heavy (non-hydrogen) atoms. The van der Waals surface area contributed by atoms with Crippen molar-refractivity contribution in [1.29, 1.82) is 0 Å². The monoisotopic (exact) mass is 407 g/mol. The first-order valence-electron chi connectivity index (χ1n) is 10.4. The highest BCUT2D eigenvalue weighted by Gasteiger charge is 2.31. The highest BCUT2D eigenvalue weighted by Crippen LogP contribution is 2.44. The third-order valence-electron chi connectivity index (χ3n) is 5.91. The molecule has 6 nitrogen and oxygen atoms in total. The van der Waals surface area contributed by atoms with Gasteiger partial charge in [0.2, 0.25) is 5.91 Å². The smallest absolute Gasteiger partial charge is 0.229 e. The second kappa shape index (κ2) is 7.06. The lowest BCUT2D eigenvalue weighted by atomic mass is 9.85. The fourth-order valence-corrected chi connectivity index (χ4v) is 5.12. The van der Waals surface area contributed by atoms with Crippen molar-refractivity contribution in [3.8, 4) is 21.8 Å². The summed E-state index contributed by atoms with van der Waals surface area (Å²) in [6, 6.07) is 4.37. The number of aromatic nitrogens is 4. The van der Waals surface area contributed by atoms with Crippen molar-refractivity contribution in [2.75, 3.05) is 5.32 Å². The molecule has 3 heterocycles. The Morgan fingerprint density at radius 3 is 2.76 bits per heavy atom. The molecule has 2 aliphatic rings. The summed E-state index contributed by atoms with van der Waals surface area (Å²) >= 11 is 1.58. The summed E-state index contributed by atoms with van der Waals surface area (Å²) in [5.74, 6) is 0.277. The van der Waals surface area contributed by atoms with E-state index < -0.39 is 0 Å². The lowest BCUT2D eigenvalue weighted by molar-refractivity contribution is -0.122. The van der Waals surface area contributed by atoms with Crippen molar-refractivity contribution < 1.29 is 4.79 Å². The standard InChI is InChI=1S/C22H25N5OS/c1-12(2)27-19-16(18(26-27)15-8-7-13(3)23-11-15)9-10-17-20(19)29-22(24-17)25-21(28)14-5-4-6-14/h7-8,11-12,14H,4-6,9-10H2,1-3H3,(H,24,25,28). The van der Waals surface area contributed by atoms with Gasteiger partial charge in [-0.3, -0.25) is 14.5 Å². The summed E-state index contributed by atoms with van der Waals surface area (Å²) in [7, 11) is 0. The van der Waals surface area contributed by atoms with Gasteiger partial charge in [-0.2, -0.15) is 5.10 Å². The van der Waals surface area contributed by atoms with E-state index in [4.69, 9.17) is 10.1 Å². The van der Waals surface area contributed by atoms with E-state index in [1.54, 1.807) is 11.3 Å². The number of hydrogen-bond acceptors (Lipinski definition) is 5. The highest BCUT2D eigenvalue weighted by molar-refractivity contribution is 7.19. The molecule has 1 amide bonds. The van der Waals surface area contributed by atoms with Gasteiger partial charge in [-0.25, -0.2) is 4.98 Å². The number of nitrogens with one attached hydrogen (secondary N) is 1. The van der Waals surface area contributed by atoms with Crippen LogP contribution in [0.3, 0.4) is 0 Å². The Morgan fingerprint density at radius 1 is 1.28 bits per heavy atom. The maximum atomic E-state index is 12.4. The number of nitrogens with zero attached hydrogens (tertiary/aromatic N) is 4. The van der Waals surface area contributed by atoms with E-state index >= 15 is 0 Å². The fraction of sp³-hybridized carbons (Fsp3) is 0.455. The maximum absolute atomic E-state index is 12.4. The molecule has 150 valence electrons. The summed E-state index contributed by atoms with van der Waals surface area (Å²) in [4.78, 5) is 22.7. The van der Waals surface area contributed by atoms with Crippen molar-refractivity contribution in [2.45, 2.75) is 58.9 Å². The minimum absolute atomic E-state index is 0.117. The maximum Gasteiger partial charge on any atom is 0.229 e. The summed E-state index contributed by atoms with van der Waals surface area (Å²) in [6.45, 7) is 6.30. The lowest BCUT2D eigenvalue weighted by Gasteiger charge is -2.23. The Kier molecular flexibility index (Phi) is 4.50. The summed E-state index contributed by atoms with van der Waals surface area (Å²) in [6.07, 6.45) is 6.82. The fourth-order valence-electron chi connectivity index (χ4n) is 4.04. The van der Waals surface area contributed by atoms with E-state index in [0.29, 0.717) is 0 Å². The summed E-state index contributed by atoms with van der Waals surface area (Å²) in [5.41, 5.74) is 6.55. The second-order valence-corrected chi connectivity index (χ2v) is 9.31. The molecular weight excluding hydrogens is 382 g/mol. The number of anilines is 1. The minimum Gasteiger partial charge on any atom is -0.302 e. The van der Waals surface area contributed by atoms with E-state index in [9.17, 15) is 4.79 Å². The molecule has 0 atom stereocenters. The van der Waals surface area contributed by atoms with Crippen LogP contribution in [0.2, 0.25) is 0 Å². The average molecular weight is 408 g/mol. The van der Waals surface area contributed by atoms with Gasteiger partial charge in [0.1, 0.15) is 0 Å². The zero-order valence-electron chi connectivity index (χ0n) is 17.0. The van der Waals surface area contributed by atoms with E-state index in [-0.39, 0.29) is 17.9 Å². The van der Waals surface area contributed by atoms with Crippen LogP contribution in [0, 0.1) is 12.8 Å². The third-order valence-corrected chi connectivity index (χ3v) is 6.93. The van der Waals surface area contributed by atoms with Crippen molar-refractivity contribution in [1.82, 2.24) is 19.7 Å². The number of aryl methyl sites for hydroxylation is 2. The van der Waals surface area contributed by atoms with Gasteiger partial charge >= 0.3 is 0 Å². The van der Waals surface area contributed by atoms with Crippen LogP contribution in [-0.2, 0) is 17.6 Å². The Morgan fingerprint density at radius 2 is 2.10 bits per heavy atom. The number of fused-ring (bicyclic) bond motifs is 3. The van der Waals surface area contributed by atoms with Gasteiger partial charge in [0.05, 0.1) is 22.0 Å². The molecule has 5 rings (SSSR count). The molecule has 7 heteroatoms. The molecule has 0 bridgehead atoms.